The Morgan fingerprint density at radius 1 is 1.15 bits per heavy atom. The molecule has 0 aromatic carbocycles. The van der Waals surface area contributed by atoms with Gasteiger partial charge in [0, 0.05) is 25.1 Å². The molecule has 0 aliphatic rings. The van der Waals surface area contributed by atoms with Crippen LogP contribution in [0.15, 0.2) is 50.9 Å². The van der Waals surface area contributed by atoms with E-state index in [0.717, 1.165) is 5.57 Å². The van der Waals surface area contributed by atoms with Crippen molar-refractivity contribution in [1.82, 2.24) is 5.32 Å². The molecule has 1 rings (SSSR count). The second kappa shape index (κ2) is 13.3. The highest BCUT2D eigenvalue weighted by Crippen LogP contribution is 2.24. The highest BCUT2D eigenvalue weighted by atomic mass is 19.4. The van der Waals surface area contributed by atoms with E-state index in [-0.39, 0.29) is 17.8 Å². The van der Waals surface area contributed by atoms with Crippen molar-refractivity contribution < 1.29 is 37.4 Å². The summed E-state index contributed by atoms with van der Waals surface area (Å²) in [6.07, 6.45) is 1.84. The number of aryl methyl sites for hydroxylation is 1. The molecule has 0 aliphatic heterocycles. The van der Waals surface area contributed by atoms with Crippen LogP contribution in [0.5, 0.6) is 5.75 Å². The molecular weight excluding hydrogens is 443 g/mol. The first-order valence-electron chi connectivity index (χ1n) is 10.4. The number of halogens is 3. The summed E-state index contributed by atoms with van der Waals surface area (Å²) in [5, 5.41) is 20.7. The van der Waals surface area contributed by atoms with Crippen molar-refractivity contribution >= 4 is 11.9 Å². The van der Waals surface area contributed by atoms with Gasteiger partial charge in [0.2, 0.25) is 0 Å². The van der Waals surface area contributed by atoms with E-state index in [1.54, 1.807) is 19.1 Å². The molecule has 1 aromatic heterocycles. The molecule has 0 aliphatic carbocycles. The van der Waals surface area contributed by atoms with E-state index in [9.17, 15) is 32.7 Å². The molecule has 0 spiro atoms. The number of aromatic hydroxyl groups is 1. The van der Waals surface area contributed by atoms with Crippen LogP contribution in [0.25, 0.3) is 0 Å². The molecule has 1 amide bonds. The van der Waals surface area contributed by atoms with Gasteiger partial charge in [-0.3, -0.25) is 10.1 Å². The van der Waals surface area contributed by atoms with E-state index in [1.807, 2.05) is 0 Å². The van der Waals surface area contributed by atoms with E-state index in [1.165, 1.54) is 25.3 Å². The third-order valence-corrected chi connectivity index (χ3v) is 4.58. The zero-order valence-corrected chi connectivity index (χ0v) is 18.5. The number of ketones is 1. The topological polar surface area (TPSA) is 117 Å². The molecule has 182 valence electrons. The summed E-state index contributed by atoms with van der Waals surface area (Å²) in [6.45, 7) is 3.19. The van der Waals surface area contributed by atoms with Crippen molar-refractivity contribution in [1.29, 1.82) is 0 Å². The maximum absolute atomic E-state index is 12.6. The van der Waals surface area contributed by atoms with Gasteiger partial charge in [0.15, 0.2) is 5.78 Å². The third kappa shape index (κ3) is 11.2. The average molecular weight is 471 g/mol. The standard InChI is InChI=1S/C23H28F3NO6/c1-15(8-5-6-12-23(24,25)26)10-11-16(2)20(29)19-18(28)14-17(33-21(19)30)9-4-3-7-13-27-22(31)32/h7,10-11,13-14,27-28H,3-6,8-9,12H2,1-2H3,(H,31,32). The number of alkyl halides is 3. The summed E-state index contributed by atoms with van der Waals surface area (Å²) >= 11 is 0. The van der Waals surface area contributed by atoms with Gasteiger partial charge < -0.3 is 14.6 Å². The highest BCUT2D eigenvalue weighted by Gasteiger charge is 2.25. The summed E-state index contributed by atoms with van der Waals surface area (Å²) in [4.78, 5) is 35.1. The van der Waals surface area contributed by atoms with Crippen LogP contribution in [0.1, 0.15) is 68.5 Å². The number of carbonyl (C=O) groups is 2. The Hall–Kier alpha value is -3.30. The van der Waals surface area contributed by atoms with Crippen LogP contribution in [-0.4, -0.2) is 28.3 Å². The minimum Gasteiger partial charge on any atom is -0.507 e. The monoisotopic (exact) mass is 471 g/mol. The van der Waals surface area contributed by atoms with Crippen LogP contribution in [-0.2, 0) is 6.42 Å². The Bertz CT molecular complexity index is 973. The lowest BCUT2D eigenvalue weighted by molar-refractivity contribution is -0.135. The van der Waals surface area contributed by atoms with Gasteiger partial charge in [0.25, 0.3) is 0 Å². The number of hydrogen-bond acceptors (Lipinski definition) is 5. The van der Waals surface area contributed by atoms with E-state index >= 15 is 0 Å². The third-order valence-electron chi connectivity index (χ3n) is 4.58. The molecule has 10 heteroatoms. The fourth-order valence-corrected chi connectivity index (χ4v) is 2.82. The van der Waals surface area contributed by atoms with Gasteiger partial charge in [0.1, 0.15) is 17.1 Å². The van der Waals surface area contributed by atoms with Crippen molar-refractivity contribution in [2.45, 2.75) is 65.0 Å². The predicted octanol–water partition coefficient (Wildman–Crippen LogP) is 5.65. The molecule has 0 saturated carbocycles. The molecule has 0 bridgehead atoms. The molecule has 0 radical (unpaired) electrons. The number of hydrogen-bond donors (Lipinski definition) is 3. The number of amides is 1. The number of allylic oxidation sites excluding steroid dienone is 5. The molecule has 3 N–H and O–H groups in total. The number of unbranched alkanes of at least 4 members (excludes halogenated alkanes) is 2. The second-order valence-electron chi connectivity index (χ2n) is 7.52. The van der Waals surface area contributed by atoms with E-state index in [4.69, 9.17) is 9.52 Å². The van der Waals surface area contributed by atoms with Crippen molar-refractivity contribution in [3.63, 3.8) is 0 Å². The molecule has 1 heterocycles. The number of rotatable bonds is 12. The van der Waals surface area contributed by atoms with Gasteiger partial charge in [-0.25, -0.2) is 9.59 Å². The lowest BCUT2D eigenvalue weighted by Crippen LogP contribution is -2.16. The molecule has 0 atom stereocenters. The first kappa shape index (κ1) is 27.7. The quantitative estimate of drug-likeness (QED) is 0.157. The number of carboxylic acid groups (broad SMARTS) is 1. The summed E-state index contributed by atoms with van der Waals surface area (Å²) in [6, 6.07) is 1.20. The SMILES string of the molecule is CC(=CC=C(C)C(=O)c1c(O)cc(CCCC=CNC(=O)O)oc1=O)CCCCC(F)(F)F. The molecule has 7 nitrogen and oxygen atoms in total. The van der Waals surface area contributed by atoms with Gasteiger partial charge in [-0.05, 0) is 51.5 Å². The maximum Gasteiger partial charge on any atom is 0.408 e. The fraction of sp³-hybridized carbons (Fsp3) is 0.435. The lowest BCUT2D eigenvalue weighted by Gasteiger charge is -2.06. The largest absolute Gasteiger partial charge is 0.507 e. The average Bonchev–Trinajstić information content (AvgIpc) is 2.70. The van der Waals surface area contributed by atoms with Gasteiger partial charge in [-0.15, -0.1) is 0 Å². The Balaban J connectivity index is 2.72. The Morgan fingerprint density at radius 2 is 1.85 bits per heavy atom. The van der Waals surface area contributed by atoms with E-state index < -0.39 is 41.4 Å². The number of Topliss-reactive ketones (excluding diaryl/α,β-unsaturated/α-hetero) is 1. The normalized spacial score (nSPS) is 12.9. The summed E-state index contributed by atoms with van der Waals surface area (Å²) in [5.74, 6) is -1.03. The highest BCUT2D eigenvalue weighted by molar-refractivity contribution is 6.09. The molecule has 33 heavy (non-hydrogen) atoms. The van der Waals surface area contributed by atoms with Crippen LogP contribution in [0.3, 0.4) is 0 Å². The Labute approximate surface area is 189 Å². The summed E-state index contributed by atoms with van der Waals surface area (Å²) in [5.41, 5.74) is -0.521. The van der Waals surface area contributed by atoms with Gasteiger partial charge >= 0.3 is 17.9 Å². The van der Waals surface area contributed by atoms with Crippen LogP contribution in [0.2, 0.25) is 0 Å². The Morgan fingerprint density at radius 3 is 2.45 bits per heavy atom. The molecule has 0 unspecified atom stereocenters. The van der Waals surface area contributed by atoms with Crippen molar-refractivity contribution in [3.05, 3.63) is 63.4 Å². The van der Waals surface area contributed by atoms with Gasteiger partial charge in [0.05, 0.1) is 0 Å². The molecule has 0 fully saturated rings. The first-order valence-corrected chi connectivity index (χ1v) is 10.4. The van der Waals surface area contributed by atoms with Gasteiger partial charge in [-0.2, -0.15) is 13.2 Å². The van der Waals surface area contributed by atoms with Crippen molar-refractivity contribution in [3.8, 4) is 5.75 Å². The van der Waals surface area contributed by atoms with Crippen molar-refractivity contribution in [2.75, 3.05) is 0 Å². The Kier molecular flexibility index (Phi) is 11.2. The number of nitrogens with one attached hydrogen (secondary N) is 1. The van der Waals surface area contributed by atoms with Crippen LogP contribution in [0, 0.1) is 0 Å². The maximum atomic E-state index is 12.6. The lowest BCUT2D eigenvalue weighted by atomic mass is 10.0. The van der Waals surface area contributed by atoms with Gasteiger partial charge in [-0.1, -0.05) is 23.8 Å². The molecule has 0 saturated heterocycles. The van der Waals surface area contributed by atoms with Crippen LogP contribution >= 0.6 is 0 Å². The van der Waals surface area contributed by atoms with Crippen molar-refractivity contribution in [2.24, 2.45) is 0 Å². The minimum atomic E-state index is -4.17. The predicted molar refractivity (Wildman–Crippen MR) is 116 cm³/mol. The fourth-order valence-electron chi connectivity index (χ4n) is 2.82. The zero-order valence-electron chi connectivity index (χ0n) is 18.5. The zero-order chi connectivity index (χ0) is 25.0. The molecular formula is C23H28F3NO6. The smallest absolute Gasteiger partial charge is 0.408 e. The second-order valence-corrected chi connectivity index (χ2v) is 7.52. The molecule has 1 aromatic rings. The van der Waals surface area contributed by atoms with E-state index in [2.05, 4.69) is 5.32 Å². The summed E-state index contributed by atoms with van der Waals surface area (Å²) in [7, 11) is 0. The first-order chi connectivity index (χ1) is 15.4. The number of carbonyl (C=O) groups excluding carboxylic acids is 1. The summed E-state index contributed by atoms with van der Waals surface area (Å²) < 4.78 is 41.6. The minimum absolute atomic E-state index is 0.0209. The van der Waals surface area contributed by atoms with Crippen LogP contribution < -0.4 is 10.9 Å². The van der Waals surface area contributed by atoms with E-state index in [0.29, 0.717) is 32.1 Å². The van der Waals surface area contributed by atoms with Crippen LogP contribution in [0.4, 0.5) is 18.0 Å².